The number of aromatic nitrogens is 5. The minimum Gasteiger partial charge on any atom is -0.475 e. The molecule has 0 spiro atoms. The zero-order chi connectivity index (χ0) is 33.1. The smallest absolute Gasteiger partial charge is 0.319 e. The minimum absolute atomic E-state index is 0.121. The number of rotatable bonds is 7. The van der Waals surface area contributed by atoms with Crippen LogP contribution in [0.1, 0.15) is 55.8 Å². The number of nitrogens with zero attached hydrogens (tertiary/aromatic N) is 6. The van der Waals surface area contributed by atoms with E-state index in [0.29, 0.717) is 62.2 Å². The number of hydrogen-bond donors (Lipinski definition) is 1. The van der Waals surface area contributed by atoms with Crippen molar-refractivity contribution in [3.05, 3.63) is 40.9 Å². The van der Waals surface area contributed by atoms with Crippen molar-refractivity contribution in [2.75, 3.05) is 71.8 Å². The second kappa shape index (κ2) is 12.4. The maximum absolute atomic E-state index is 17.4. The molecule has 3 aromatic heterocycles. The molecule has 13 heteroatoms. The van der Waals surface area contributed by atoms with Crippen molar-refractivity contribution in [2.24, 2.45) is 0 Å². The molecular weight excluding hydrogens is 629 g/mol. The van der Waals surface area contributed by atoms with Gasteiger partial charge in [-0.3, -0.25) is 10.00 Å². The minimum atomic E-state index is -0.539. The van der Waals surface area contributed by atoms with Crippen LogP contribution in [0.2, 0.25) is 0 Å². The molecule has 0 radical (unpaired) electrons. The third kappa shape index (κ3) is 5.16. The van der Waals surface area contributed by atoms with Gasteiger partial charge in [-0.25, -0.2) is 9.37 Å². The SMILES string of the molecule is COC/C=C1\CN2CCC[C@@]2(COc2nc3c4c(nc(-c5c6c(cc7[nH]ncc57)CCCC6OC)c(F)c4n2)OCC2COCCCN32)C1. The first kappa shape index (κ1) is 31.1. The molecule has 2 unspecified atom stereocenters. The van der Waals surface area contributed by atoms with Crippen LogP contribution in [0.3, 0.4) is 0 Å². The fraction of sp³-hybridized carbons (Fsp3) is 0.556. The van der Waals surface area contributed by atoms with E-state index in [-0.39, 0.29) is 34.9 Å². The van der Waals surface area contributed by atoms with Crippen LogP contribution in [0.15, 0.2) is 23.9 Å². The number of ether oxygens (including phenoxy) is 5. The third-order valence-electron chi connectivity index (χ3n) is 11.2. The number of hydrogen-bond acceptors (Lipinski definition) is 11. The van der Waals surface area contributed by atoms with Crippen LogP contribution in [0.5, 0.6) is 11.9 Å². The van der Waals surface area contributed by atoms with Crippen LogP contribution in [-0.2, 0) is 20.6 Å². The molecule has 49 heavy (non-hydrogen) atoms. The fourth-order valence-electron chi connectivity index (χ4n) is 8.83. The van der Waals surface area contributed by atoms with Gasteiger partial charge in [0.25, 0.3) is 0 Å². The average molecular weight is 672 g/mol. The number of halogens is 1. The molecule has 9 rings (SSSR count). The Morgan fingerprint density at radius 2 is 2.08 bits per heavy atom. The molecular formula is C36H42FN7O5. The predicted octanol–water partition coefficient (Wildman–Crippen LogP) is 4.91. The van der Waals surface area contributed by atoms with Crippen molar-refractivity contribution in [3.63, 3.8) is 0 Å². The van der Waals surface area contributed by atoms with Gasteiger partial charge in [0.15, 0.2) is 5.82 Å². The van der Waals surface area contributed by atoms with E-state index in [2.05, 4.69) is 32.1 Å². The van der Waals surface area contributed by atoms with Gasteiger partial charge in [0.2, 0.25) is 5.88 Å². The maximum Gasteiger partial charge on any atom is 0.319 e. The summed E-state index contributed by atoms with van der Waals surface area (Å²) < 4.78 is 47.7. The molecule has 7 heterocycles. The Labute approximate surface area is 283 Å². The van der Waals surface area contributed by atoms with Gasteiger partial charge < -0.3 is 28.6 Å². The van der Waals surface area contributed by atoms with E-state index in [1.54, 1.807) is 20.4 Å². The molecule has 0 amide bonds. The number of benzene rings is 1. The van der Waals surface area contributed by atoms with Crippen molar-refractivity contribution in [3.8, 4) is 23.1 Å². The van der Waals surface area contributed by atoms with E-state index in [4.69, 9.17) is 38.6 Å². The molecule has 4 aromatic rings. The summed E-state index contributed by atoms with van der Waals surface area (Å²) in [7, 11) is 3.43. The highest BCUT2D eigenvalue weighted by atomic mass is 19.1. The highest BCUT2D eigenvalue weighted by Crippen LogP contribution is 2.47. The first-order chi connectivity index (χ1) is 24.1. The summed E-state index contributed by atoms with van der Waals surface area (Å²) in [6, 6.07) is 2.14. The van der Waals surface area contributed by atoms with Gasteiger partial charge in [0, 0.05) is 44.9 Å². The summed E-state index contributed by atoms with van der Waals surface area (Å²) in [5.74, 6) is 0.347. The summed E-state index contributed by atoms with van der Waals surface area (Å²) in [5.41, 5.74) is 5.06. The standard InChI is InChI=1S/C36H42FN7O5/c1-45-13-8-21-15-36(9-4-10-43(36)17-21)20-49-35-40-32-29-33(41-35)44-11-5-12-47-18-23(44)19-48-34(29)39-31(30(32)37)28-24-16-38-42-25(24)14-22-6-3-7-26(46-2)27(22)28/h8,14,16,23,26H,3-7,9-13,15,17-20H2,1-2H3,(H,38,42)/b21-8-/t23?,26?,36-/m0/s1. The lowest BCUT2D eigenvalue weighted by Crippen LogP contribution is -2.43. The van der Waals surface area contributed by atoms with Gasteiger partial charge in [0.1, 0.15) is 35.6 Å². The van der Waals surface area contributed by atoms with E-state index in [1.807, 2.05) is 0 Å². The van der Waals surface area contributed by atoms with E-state index >= 15 is 4.39 Å². The number of fused-ring (bicyclic) bond motifs is 5. The molecule has 5 aliphatic rings. The lowest BCUT2D eigenvalue weighted by Gasteiger charge is -2.31. The number of H-pyrrole nitrogens is 1. The first-order valence-electron chi connectivity index (χ1n) is 17.5. The molecule has 1 aliphatic carbocycles. The Balaban J connectivity index is 1.21. The molecule has 3 atom stereocenters. The van der Waals surface area contributed by atoms with Gasteiger partial charge in [-0.2, -0.15) is 15.1 Å². The summed E-state index contributed by atoms with van der Waals surface area (Å²) >= 11 is 0. The molecule has 1 aromatic carbocycles. The fourth-order valence-corrected chi connectivity index (χ4v) is 8.83. The van der Waals surface area contributed by atoms with Gasteiger partial charge in [-0.15, -0.1) is 0 Å². The third-order valence-corrected chi connectivity index (χ3v) is 11.2. The summed E-state index contributed by atoms with van der Waals surface area (Å²) in [5, 5.41) is 8.67. The van der Waals surface area contributed by atoms with Crippen LogP contribution < -0.4 is 14.4 Å². The molecule has 0 bridgehead atoms. The lowest BCUT2D eigenvalue weighted by atomic mass is 9.83. The quantitative estimate of drug-likeness (QED) is 0.270. The average Bonchev–Trinajstić information content (AvgIpc) is 3.75. The number of aromatic amines is 1. The molecule has 3 saturated heterocycles. The van der Waals surface area contributed by atoms with E-state index in [1.165, 1.54) is 5.57 Å². The van der Waals surface area contributed by atoms with Gasteiger partial charge >= 0.3 is 6.01 Å². The van der Waals surface area contributed by atoms with Crippen molar-refractivity contribution in [2.45, 2.75) is 62.6 Å². The second-order valence-corrected chi connectivity index (χ2v) is 14.0. The monoisotopic (exact) mass is 671 g/mol. The Morgan fingerprint density at radius 3 is 2.98 bits per heavy atom. The summed E-state index contributed by atoms with van der Waals surface area (Å²) in [6.45, 7) is 5.05. The first-order valence-corrected chi connectivity index (χ1v) is 17.5. The lowest BCUT2D eigenvalue weighted by molar-refractivity contribution is 0.0886. The number of pyridine rings is 1. The van der Waals surface area contributed by atoms with Gasteiger partial charge in [0.05, 0.1) is 42.6 Å². The Kier molecular flexibility index (Phi) is 7.90. The number of aryl methyl sites for hydroxylation is 1. The normalized spacial score (nSPS) is 26.0. The summed E-state index contributed by atoms with van der Waals surface area (Å²) in [6.07, 6.45) is 10.2. The van der Waals surface area contributed by atoms with E-state index in [0.717, 1.165) is 80.1 Å². The Morgan fingerprint density at radius 1 is 1.14 bits per heavy atom. The van der Waals surface area contributed by atoms with E-state index < -0.39 is 5.82 Å². The van der Waals surface area contributed by atoms with Crippen LogP contribution in [-0.4, -0.2) is 109 Å². The van der Waals surface area contributed by atoms with Crippen LogP contribution in [0.25, 0.3) is 33.1 Å². The van der Waals surface area contributed by atoms with Crippen molar-refractivity contribution in [1.82, 2.24) is 30.0 Å². The number of methoxy groups -OCH3 is 2. The highest BCUT2D eigenvalue weighted by molar-refractivity contribution is 6.02. The largest absolute Gasteiger partial charge is 0.475 e. The Hall–Kier alpha value is -3.91. The van der Waals surface area contributed by atoms with Crippen molar-refractivity contribution >= 4 is 27.6 Å². The number of nitrogens with one attached hydrogen (secondary N) is 1. The molecule has 1 N–H and O–H groups in total. The van der Waals surface area contributed by atoms with E-state index in [9.17, 15) is 0 Å². The highest BCUT2D eigenvalue weighted by Gasteiger charge is 2.47. The topological polar surface area (TPSA) is 120 Å². The van der Waals surface area contributed by atoms with Crippen LogP contribution >= 0.6 is 0 Å². The Bertz CT molecular complexity index is 1950. The van der Waals surface area contributed by atoms with Crippen LogP contribution in [0, 0.1) is 5.82 Å². The predicted molar refractivity (Wildman–Crippen MR) is 181 cm³/mol. The second-order valence-electron chi connectivity index (χ2n) is 14.0. The zero-order valence-electron chi connectivity index (χ0n) is 28.1. The van der Waals surface area contributed by atoms with Crippen LogP contribution in [0.4, 0.5) is 10.2 Å². The zero-order valence-corrected chi connectivity index (χ0v) is 28.1. The van der Waals surface area contributed by atoms with Crippen molar-refractivity contribution in [1.29, 1.82) is 0 Å². The molecule has 4 aliphatic heterocycles. The van der Waals surface area contributed by atoms with Gasteiger partial charge in [-0.1, -0.05) is 11.6 Å². The molecule has 3 fully saturated rings. The molecule has 0 saturated carbocycles. The summed E-state index contributed by atoms with van der Waals surface area (Å²) in [4.78, 5) is 19.5. The molecule has 12 nitrogen and oxygen atoms in total. The maximum atomic E-state index is 17.4. The molecule has 258 valence electrons. The number of anilines is 1. The van der Waals surface area contributed by atoms with Crippen molar-refractivity contribution < 1.29 is 28.1 Å². The van der Waals surface area contributed by atoms with Gasteiger partial charge in [-0.05, 0) is 68.7 Å².